The number of anilines is 1. The number of thiazole rings is 1. The van der Waals surface area contributed by atoms with Crippen LogP contribution in [-0.2, 0) is 6.42 Å². The van der Waals surface area contributed by atoms with Crippen LogP contribution in [0.1, 0.15) is 25.9 Å². The van der Waals surface area contributed by atoms with Gasteiger partial charge in [-0.15, -0.1) is 11.3 Å². The summed E-state index contributed by atoms with van der Waals surface area (Å²) in [6, 6.07) is 6.98. The maximum absolute atomic E-state index is 12.5. The van der Waals surface area contributed by atoms with E-state index in [2.05, 4.69) is 22.2 Å². The first-order valence-electron chi connectivity index (χ1n) is 8.60. The van der Waals surface area contributed by atoms with Gasteiger partial charge in [0.25, 0.3) is 11.8 Å². The number of aromatic nitrogens is 1. The van der Waals surface area contributed by atoms with Crippen molar-refractivity contribution < 1.29 is 9.59 Å². The first-order valence-corrected chi connectivity index (χ1v) is 9.48. The van der Waals surface area contributed by atoms with Gasteiger partial charge < -0.3 is 20.9 Å². The average Bonchev–Trinajstić information content (AvgIpc) is 3.12. The fraction of sp³-hybridized carbons (Fsp3) is 0.389. The summed E-state index contributed by atoms with van der Waals surface area (Å²) in [6.07, 6.45) is 0.668. The van der Waals surface area contributed by atoms with Gasteiger partial charge in [0.1, 0.15) is 5.69 Å². The van der Waals surface area contributed by atoms with Crippen LogP contribution in [0.25, 0.3) is 0 Å². The lowest BCUT2D eigenvalue weighted by atomic mass is 10.1. The molecule has 3 rings (SSSR count). The Morgan fingerprint density at radius 3 is 2.54 bits per heavy atom. The van der Waals surface area contributed by atoms with Gasteiger partial charge in [-0.3, -0.25) is 9.59 Å². The van der Waals surface area contributed by atoms with E-state index in [4.69, 9.17) is 5.73 Å². The van der Waals surface area contributed by atoms with Crippen LogP contribution < -0.4 is 11.1 Å². The van der Waals surface area contributed by atoms with Crippen molar-refractivity contribution in [3.63, 3.8) is 0 Å². The maximum atomic E-state index is 12.5. The van der Waals surface area contributed by atoms with E-state index in [-0.39, 0.29) is 11.8 Å². The standard InChI is InChI=1S/C18H23N5O2S/c1-22-8-10-23(11-9-22)18(25)13-2-4-14(5-3-13)20-17(24)15-12-26-16(21-15)6-7-19/h2-5,12H,6-11,19H2,1H3,(H,20,24). The number of hydrogen-bond acceptors (Lipinski definition) is 6. The minimum Gasteiger partial charge on any atom is -0.336 e. The van der Waals surface area contributed by atoms with Crippen molar-refractivity contribution in [2.24, 2.45) is 5.73 Å². The molecule has 0 atom stereocenters. The van der Waals surface area contributed by atoms with E-state index in [0.717, 1.165) is 31.2 Å². The number of nitrogens with two attached hydrogens (primary N) is 1. The Labute approximate surface area is 156 Å². The van der Waals surface area contributed by atoms with Crippen molar-refractivity contribution >= 4 is 28.8 Å². The number of benzene rings is 1. The van der Waals surface area contributed by atoms with Crippen molar-refractivity contribution in [2.45, 2.75) is 6.42 Å². The average molecular weight is 373 g/mol. The largest absolute Gasteiger partial charge is 0.336 e. The first-order chi connectivity index (χ1) is 12.6. The van der Waals surface area contributed by atoms with Crippen molar-refractivity contribution in [2.75, 3.05) is 45.1 Å². The molecule has 0 radical (unpaired) electrons. The van der Waals surface area contributed by atoms with Crippen LogP contribution in [-0.4, -0.2) is 66.4 Å². The van der Waals surface area contributed by atoms with Gasteiger partial charge in [0.2, 0.25) is 0 Å². The number of amides is 2. The number of hydrogen-bond donors (Lipinski definition) is 2. The van der Waals surface area contributed by atoms with Crippen LogP contribution >= 0.6 is 11.3 Å². The fourth-order valence-corrected chi connectivity index (χ4v) is 3.53. The number of carbonyl (C=O) groups is 2. The summed E-state index contributed by atoms with van der Waals surface area (Å²) in [7, 11) is 2.06. The van der Waals surface area contributed by atoms with E-state index in [0.29, 0.717) is 29.9 Å². The molecule has 0 unspecified atom stereocenters. The molecular weight excluding hydrogens is 350 g/mol. The highest BCUT2D eigenvalue weighted by Crippen LogP contribution is 2.15. The van der Waals surface area contributed by atoms with Gasteiger partial charge in [-0.05, 0) is 37.9 Å². The second kappa shape index (κ2) is 8.39. The van der Waals surface area contributed by atoms with Gasteiger partial charge in [-0.25, -0.2) is 4.98 Å². The molecule has 0 saturated carbocycles. The van der Waals surface area contributed by atoms with Crippen LogP contribution in [0.15, 0.2) is 29.6 Å². The summed E-state index contributed by atoms with van der Waals surface area (Å²) in [6.45, 7) is 3.77. The molecule has 1 fully saturated rings. The second-order valence-electron chi connectivity index (χ2n) is 6.29. The molecule has 2 amide bonds. The zero-order valence-electron chi connectivity index (χ0n) is 14.8. The zero-order chi connectivity index (χ0) is 18.5. The Morgan fingerprint density at radius 1 is 1.19 bits per heavy atom. The lowest BCUT2D eigenvalue weighted by molar-refractivity contribution is 0.0664. The van der Waals surface area contributed by atoms with E-state index < -0.39 is 0 Å². The molecule has 3 N–H and O–H groups in total. The third-order valence-corrected chi connectivity index (χ3v) is 5.23. The molecule has 138 valence electrons. The predicted octanol–water partition coefficient (Wildman–Crippen LogP) is 1.28. The molecule has 0 spiro atoms. The Morgan fingerprint density at radius 2 is 1.88 bits per heavy atom. The van der Waals surface area contributed by atoms with Crippen LogP contribution in [0.2, 0.25) is 0 Å². The summed E-state index contributed by atoms with van der Waals surface area (Å²) in [5, 5.41) is 5.39. The predicted molar refractivity (Wildman–Crippen MR) is 103 cm³/mol. The van der Waals surface area contributed by atoms with Crippen LogP contribution in [0, 0.1) is 0 Å². The summed E-state index contributed by atoms with van der Waals surface area (Å²) < 4.78 is 0. The molecule has 1 saturated heterocycles. The van der Waals surface area contributed by atoms with Crippen LogP contribution in [0.5, 0.6) is 0 Å². The minimum atomic E-state index is -0.261. The van der Waals surface area contributed by atoms with Crippen molar-refractivity contribution in [1.82, 2.24) is 14.8 Å². The SMILES string of the molecule is CN1CCN(C(=O)c2ccc(NC(=O)c3csc(CCN)n3)cc2)CC1. The molecule has 2 heterocycles. The molecule has 8 heteroatoms. The second-order valence-corrected chi connectivity index (χ2v) is 7.23. The molecule has 7 nitrogen and oxygen atoms in total. The number of nitrogens with zero attached hydrogens (tertiary/aromatic N) is 3. The van der Waals surface area contributed by atoms with Gasteiger partial charge in [-0.1, -0.05) is 0 Å². The highest BCUT2D eigenvalue weighted by atomic mass is 32.1. The summed E-state index contributed by atoms with van der Waals surface area (Å²) in [5.41, 5.74) is 7.15. The number of nitrogens with one attached hydrogen (secondary N) is 1. The van der Waals surface area contributed by atoms with E-state index in [1.165, 1.54) is 11.3 Å². The van der Waals surface area contributed by atoms with Crippen molar-refractivity contribution in [3.05, 3.63) is 45.9 Å². The van der Waals surface area contributed by atoms with Gasteiger partial charge in [-0.2, -0.15) is 0 Å². The summed E-state index contributed by atoms with van der Waals surface area (Å²) in [5.74, 6) is -0.232. The Hall–Kier alpha value is -2.29. The van der Waals surface area contributed by atoms with Gasteiger partial charge >= 0.3 is 0 Å². The Bertz CT molecular complexity index is 766. The van der Waals surface area contributed by atoms with Crippen LogP contribution in [0.4, 0.5) is 5.69 Å². The fourth-order valence-electron chi connectivity index (χ4n) is 2.74. The maximum Gasteiger partial charge on any atom is 0.275 e. The number of likely N-dealkylation sites (N-methyl/N-ethyl adjacent to an activating group) is 1. The number of rotatable bonds is 5. The minimum absolute atomic E-state index is 0.0295. The van der Waals surface area contributed by atoms with E-state index in [1.807, 2.05) is 4.90 Å². The molecule has 0 aliphatic carbocycles. The van der Waals surface area contributed by atoms with E-state index >= 15 is 0 Å². The van der Waals surface area contributed by atoms with E-state index in [1.54, 1.807) is 29.6 Å². The van der Waals surface area contributed by atoms with Gasteiger partial charge in [0.05, 0.1) is 5.01 Å². The molecule has 0 bridgehead atoms. The molecule has 2 aromatic rings. The molecular formula is C18H23N5O2S. The highest BCUT2D eigenvalue weighted by Gasteiger charge is 2.20. The Balaban J connectivity index is 1.60. The molecule has 26 heavy (non-hydrogen) atoms. The van der Waals surface area contributed by atoms with Gasteiger partial charge in [0, 0.05) is 49.2 Å². The first kappa shape index (κ1) is 18.5. The van der Waals surface area contributed by atoms with Crippen LogP contribution in [0.3, 0.4) is 0 Å². The van der Waals surface area contributed by atoms with Crippen molar-refractivity contribution in [3.8, 4) is 0 Å². The number of carbonyl (C=O) groups excluding carboxylic acids is 2. The normalized spacial score (nSPS) is 15.1. The molecule has 1 aliphatic heterocycles. The third-order valence-electron chi connectivity index (χ3n) is 4.32. The third kappa shape index (κ3) is 4.46. The van der Waals surface area contributed by atoms with E-state index in [9.17, 15) is 9.59 Å². The molecule has 1 aromatic carbocycles. The Kier molecular flexibility index (Phi) is 5.97. The lowest BCUT2D eigenvalue weighted by Crippen LogP contribution is -2.47. The van der Waals surface area contributed by atoms with Crippen molar-refractivity contribution in [1.29, 1.82) is 0 Å². The zero-order valence-corrected chi connectivity index (χ0v) is 15.6. The summed E-state index contributed by atoms with van der Waals surface area (Å²) in [4.78, 5) is 33.1. The number of piperazine rings is 1. The quantitative estimate of drug-likeness (QED) is 0.824. The topological polar surface area (TPSA) is 91.6 Å². The monoisotopic (exact) mass is 373 g/mol. The summed E-state index contributed by atoms with van der Waals surface area (Å²) >= 11 is 1.43. The van der Waals surface area contributed by atoms with Gasteiger partial charge in [0.15, 0.2) is 0 Å². The smallest absolute Gasteiger partial charge is 0.275 e. The lowest BCUT2D eigenvalue weighted by Gasteiger charge is -2.32. The molecule has 1 aromatic heterocycles. The highest BCUT2D eigenvalue weighted by molar-refractivity contribution is 7.09. The molecule has 1 aliphatic rings.